The second-order valence-electron chi connectivity index (χ2n) is 5.37. The Labute approximate surface area is 151 Å². The lowest BCUT2D eigenvalue weighted by Gasteiger charge is -2.18. The summed E-state index contributed by atoms with van der Waals surface area (Å²) in [7, 11) is 0. The van der Waals surface area contributed by atoms with Crippen molar-refractivity contribution in [1.82, 2.24) is 10.2 Å². The summed E-state index contributed by atoms with van der Waals surface area (Å²) in [6, 6.07) is 13.9. The van der Waals surface area contributed by atoms with Crippen molar-refractivity contribution in [2.75, 3.05) is 0 Å². The van der Waals surface area contributed by atoms with Gasteiger partial charge in [-0.3, -0.25) is 0 Å². The molecule has 8 heteroatoms. The molecule has 2 heterocycles. The Morgan fingerprint density at radius 3 is 2.22 bits per heavy atom. The van der Waals surface area contributed by atoms with Crippen LogP contribution in [0, 0.1) is 11.8 Å². The first kappa shape index (κ1) is 16.7. The fraction of sp³-hybridized carbons (Fsp3) is 0.0526. The van der Waals surface area contributed by atoms with E-state index in [2.05, 4.69) is 26.8 Å². The van der Waals surface area contributed by atoms with Crippen LogP contribution in [0.3, 0.4) is 0 Å². The third-order valence-electron chi connectivity index (χ3n) is 3.43. The number of nitrogens with zero attached hydrogens (tertiary/aromatic N) is 2. The van der Waals surface area contributed by atoms with E-state index in [9.17, 15) is 13.2 Å². The van der Waals surface area contributed by atoms with Crippen LogP contribution in [0.4, 0.5) is 13.2 Å². The van der Waals surface area contributed by atoms with E-state index in [-0.39, 0.29) is 11.6 Å². The second kappa shape index (κ2) is 6.53. The number of hydrogen-bond donors (Lipinski definition) is 0. The number of alkyl halides is 3. The number of halogens is 3. The van der Waals surface area contributed by atoms with Gasteiger partial charge < -0.3 is 14.2 Å². The van der Waals surface area contributed by atoms with Crippen molar-refractivity contribution in [3.63, 3.8) is 0 Å². The van der Waals surface area contributed by atoms with E-state index in [1.54, 1.807) is 18.2 Å². The highest BCUT2D eigenvalue weighted by Crippen LogP contribution is 2.43. The van der Waals surface area contributed by atoms with Crippen LogP contribution in [-0.4, -0.2) is 16.6 Å². The number of fused-ring (bicyclic) bond motifs is 2. The van der Waals surface area contributed by atoms with Crippen molar-refractivity contribution in [3.8, 4) is 40.7 Å². The van der Waals surface area contributed by atoms with Gasteiger partial charge in [-0.25, -0.2) is 0 Å². The van der Waals surface area contributed by atoms with Gasteiger partial charge in [0.05, 0.1) is 0 Å². The van der Waals surface area contributed by atoms with E-state index in [0.29, 0.717) is 28.5 Å². The van der Waals surface area contributed by atoms with Crippen molar-refractivity contribution in [2.24, 2.45) is 0 Å². The van der Waals surface area contributed by atoms with E-state index in [1.807, 2.05) is 12.1 Å². The van der Waals surface area contributed by atoms with Gasteiger partial charge in [0.25, 0.3) is 5.88 Å². The highest BCUT2D eigenvalue weighted by atomic mass is 19.4. The number of benzene rings is 2. The fourth-order valence-corrected chi connectivity index (χ4v) is 2.29. The summed E-state index contributed by atoms with van der Waals surface area (Å²) in [4.78, 5) is 0. The van der Waals surface area contributed by atoms with E-state index in [1.165, 1.54) is 24.3 Å². The number of aromatic nitrogens is 2. The summed E-state index contributed by atoms with van der Waals surface area (Å²) in [5.74, 6) is 6.96. The Hall–Kier alpha value is -3.73. The van der Waals surface area contributed by atoms with Crippen molar-refractivity contribution < 1.29 is 27.4 Å². The van der Waals surface area contributed by atoms with Crippen LogP contribution in [0.25, 0.3) is 0 Å². The molecule has 3 aromatic rings. The Kier molecular flexibility index (Phi) is 4.05. The summed E-state index contributed by atoms with van der Waals surface area (Å²) in [5, 5.41) is 7.88. The Balaban J connectivity index is 1.52. The summed E-state index contributed by atoms with van der Waals surface area (Å²) < 4.78 is 51.6. The number of rotatable bonds is 1. The van der Waals surface area contributed by atoms with E-state index in [0.717, 1.165) is 0 Å². The van der Waals surface area contributed by atoms with Crippen LogP contribution in [-0.2, 0) is 0 Å². The van der Waals surface area contributed by atoms with Crippen LogP contribution in [0.2, 0.25) is 0 Å². The normalized spacial score (nSPS) is 11.8. The molecular weight excluding hydrogens is 361 g/mol. The van der Waals surface area contributed by atoms with Crippen LogP contribution in [0.5, 0.6) is 28.9 Å². The van der Waals surface area contributed by atoms with Gasteiger partial charge in [-0.2, -0.15) is 0 Å². The molecule has 134 valence electrons. The standard InChI is InChI=1S/C19H9F3N2O3/c20-19(21,22)27-14-9-6-12(7-10-14)5-8-13-11-17-18(24-23-13)26-16-4-2-1-3-15(16)25-17/h1-4,6-7,9-11H. The molecule has 0 saturated heterocycles. The molecule has 1 aliphatic rings. The van der Waals surface area contributed by atoms with Crippen molar-refractivity contribution in [2.45, 2.75) is 6.36 Å². The number of ether oxygens (including phenoxy) is 3. The largest absolute Gasteiger partial charge is 0.573 e. The monoisotopic (exact) mass is 370 g/mol. The molecule has 0 amide bonds. The molecule has 1 aromatic heterocycles. The summed E-state index contributed by atoms with van der Waals surface area (Å²) in [5.41, 5.74) is 0.818. The molecule has 2 aromatic carbocycles. The first-order valence-corrected chi connectivity index (χ1v) is 7.66. The molecule has 0 N–H and O–H groups in total. The zero-order chi connectivity index (χ0) is 18.9. The van der Waals surface area contributed by atoms with Gasteiger partial charge in [-0.1, -0.05) is 18.1 Å². The first-order chi connectivity index (χ1) is 13.0. The minimum absolute atomic E-state index is 0.230. The average Bonchev–Trinajstić information content (AvgIpc) is 2.64. The van der Waals surface area contributed by atoms with Gasteiger partial charge in [0.2, 0.25) is 0 Å². The highest BCUT2D eigenvalue weighted by Gasteiger charge is 2.30. The van der Waals surface area contributed by atoms with Gasteiger partial charge >= 0.3 is 6.36 Å². The van der Waals surface area contributed by atoms with Crippen LogP contribution < -0.4 is 14.2 Å². The second-order valence-corrected chi connectivity index (χ2v) is 5.37. The maximum Gasteiger partial charge on any atom is 0.573 e. The molecule has 0 atom stereocenters. The maximum absolute atomic E-state index is 12.2. The molecule has 5 nitrogen and oxygen atoms in total. The fourth-order valence-electron chi connectivity index (χ4n) is 2.29. The van der Waals surface area contributed by atoms with Gasteiger partial charge in [0.1, 0.15) is 11.4 Å². The van der Waals surface area contributed by atoms with Crippen LogP contribution in [0.1, 0.15) is 11.3 Å². The highest BCUT2D eigenvalue weighted by molar-refractivity contribution is 5.53. The lowest BCUT2D eigenvalue weighted by Crippen LogP contribution is -2.16. The first-order valence-electron chi connectivity index (χ1n) is 7.66. The van der Waals surface area contributed by atoms with Gasteiger partial charge in [-0.05, 0) is 42.3 Å². The number of hydrogen-bond acceptors (Lipinski definition) is 5. The Bertz CT molecular complexity index is 1050. The summed E-state index contributed by atoms with van der Waals surface area (Å²) in [6.07, 6.45) is -4.73. The molecular formula is C19H9F3N2O3. The van der Waals surface area contributed by atoms with Gasteiger partial charge in [0.15, 0.2) is 17.2 Å². The lowest BCUT2D eigenvalue weighted by atomic mass is 10.2. The van der Waals surface area contributed by atoms with E-state index in [4.69, 9.17) is 9.47 Å². The summed E-state index contributed by atoms with van der Waals surface area (Å²) in [6.45, 7) is 0. The quantitative estimate of drug-likeness (QED) is 0.456. The molecule has 4 rings (SSSR count). The maximum atomic E-state index is 12.2. The average molecular weight is 370 g/mol. The predicted molar refractivity (Wildman–Crippen MR) is 87.7 cm³/mol. The van der Waals surface area contributed by atoms with E-state index < -0.39 is 6.36 Å². The molecule has 0 unspecified atom stereocenters. The lowest BCUT2D eigenvalue weighted by molar-refractivity contribution is -0.274. The molecule has 0 saturated carbocycles. The number of para-hydroxylation sites is 2. The Morgan fingerprint density at radius 1 is 0.815 bits per heavy atom. The SMILES string of the molecule is FC(F)(F)Oc1ccc(C#Cc2cc3c(nn2)Oc2ccccc2O3)cc1. The van der Waals surface area contributed by atoms with E-state index >= 15 is 0 Å². The molecule has 0 spiro atoms. The van der Waals surface area contributed by atoms with Gasteiger partial charge in [-0.15, -0.1) is 23.4 Å². The van der Waals surface area contributed by atoms with Crippen molar-refractivity contribution in [3.05, 3.63) is 65.9 Å². The summed E-state index contributed by atoms with van der Waals surface area (Å²) >= 11 is 0. The molecule has 27 heavy (non-hydrogen) atoms. The zero-order valence-corrected chi connectivity index (χ0v) is 13.4. The van der Waals surface area contributed by atoms with Crippen molar-refractivity contribution in [1.29, 1.82) is 0 Å². The third kappa shape index (κ3) is 3.93. The zero-order valence-electron chi connectivity index (χ0n) is 13.4. The smallest absolute Gasteiger partial charge is 0.448 e. The molecule has 0 fully saturated rings. The molecule has 0 bridgehead atoms. The topological polar surface area (TPSA) is 53.5 Å². The Morgan fingerprint density at radius 2 is 1.52 bits per heavy atom. The van der Waals surface area contributed by atoms with Crippen molar-refractivity contribution >= 4 is 0 Å². The van der Waals surface area contributed by atoms with Crippen LogP contribution >= 0.6 is 0 Å². The molecule has 0 aliphatic carbocycles. The predicted octanol–water partition coefficient (Wildman–Crippen LogP) is 4.67. The third-order valence-corrected chi connectivity index (χ3v) is 3.43. The molecule has 1 aliphatic heterocycles. The van der Waals surface area contributed by atoms with Gasteiger partial charge in [0, 0.05) is 11.6 Å². The molecule has 0 radical (unpaired) electrons. The minimum Gasteiger partial charge on any atom is -0.448 e. The van der Waals surface area contributed by atoms with Crippen LogP contribution in [0.15, 0.2) is 54.6 Å². The minimum atomic E-state index is -4.73.